The Bertz CT molecular complexity index is 1680. The number of aromatic nitrogens is 5. The van der Waals surface area contributed by atoms with E-state index in [4.69, 9.17) is 4.98 Å². The van der Waals surface area contributed by atoms with Gasteiger partial charge in [0.05, 0.1) is 34.8 Å². The molecule has 37 heavy (non-hydrogen) atoms. The number of rotatable bonds is 7. The lowest BCUT2D eigenvalue weighted by molar-refractivity contribution is -0.119. The zero-order valence-corrected chi connectivity index (χ0v) is 21.0. The number of benzene rings is 1. The van der Waals surface area contributed by atoms with Crippen molar-refractivity contribution in [1.29, 1.82) is 0 Å². The third kappa shape index (κ3) is 4.05. The minimum atomic E-state index is -3.48. The monoisotopic (exact) mass is 521 g/mol. The van der Waals surface area contributed by atoms with Crippen molar-refractivity contribution in [3.63, 3.8) is 0 Å². The van der Waals surface area contributed by atoms with Crippen LogP contribution in [-0.4, -0.2) is 44.3 Å². The van der Waals surface area contributed by atoms with Crippen molar-refractivity contribution < 1.29 is 17.6 Å². The molecule has 10 nitrogen and oxygen atoms in total. The first kappa shape index (κ1) is 23.6. The summed E-state index contributed by atoms with van der Waals surface area (Å²) < 4.78 is 43.7. The van der Waals surface area contributed by atoms with E-state index < -0.39 is 20.7 Å². The van der Waals surface area contributed by atoms with Crippen molar-refractivity contribution in [2.75, 3.05) is 5.32 Å². The van der Waals surface area contributed by atoms with Gasteiger partial charge < -0.3 is 5.32 Å². The molecule has 1 saturated carbocycles. The van der Waals surface area contributed by atoms with Gasteiger partial charge in [0.1, 0.15) is 17.3 Å². The van der Waals surface area contributed by atoms with E-state index in [0.29, 0.717) is 52.2 Å². The second-order valence-corrected chi connectivity index (χ2v) is 11.9. The maximum Gasteiger partial charge on any atom is 0.235 e. The first-order valence-electron chi connectivity index (χ1n) is 11.9. The summed E-state index contributed by atoms with van der Waals surface area (Å²) in [7, 11) is -3.48. The molecule has 6 rings (SSSR count). The number of anilines is 1. The first-order chi connectivity index (χ1) is 17.6. The molecule has 1 aliphatic heterocycles. The van der Waals surface area contributed by atoms with Gasteiger partial charge in [-0.3, -0.25) is 4.79 Å². The quantitative estimate of drug-likeness (QED) is 0.382. The van der Waals surface area contributed by atoms with Crippen LogP contribution in [0.3, 0.4) is 0 Å². The van der Waals surface area contributed by atoms with Gasteiger partial charge in [-0.1, -0.05) is 18.2 Å². The van der Waals surface area contributed by atoms with Crippen molar-refractivity contribution in [3.05, 3.63) is 65.2 Å². The Balaban J connectivity index is 1.47. The van der Waals surface area contributed by atoms with Crippen molar-refractivity contribution in [2.24, 2.45) is 0 Å². The number of hydrogen-bond acceptors (Lipinski definition) is 7. The topological polar surface area (TPSA) is 132 Å². The summed E-state index contributed by atoms with van der Waals surface area (Å²) in [5, 5.41) is 7.74. The van der Waals surface area contributed by atoms with Crippen LogP contribution in [-0.2, 0) is 33.3 Å². The van der Waals surface area contributed by atoms with E-state index in [1.165, 1.54) is 6.07 Å². The predicted octanol–water partition coefficient (Wildman–Crippen LogP) is 2.89. The van der Waals surface area contributed by atoms with Crippen molar-refractivity contribution in [1.82, 2.24) is 29.5 Å². The van der Waals surface area contributed by atoms with Gasteiger partial charge in [-0.05, 0) is 44.9 Å². The molecule has 2 aliphatic rings. The van der Waals surface area contributed by atoms with Gasteiger partial charge in [0.25, 0.3) is 0 Å². The highest BCUT2D eigenvalue weighted by Gasteiger charge is 2.43. The molecule has 2 N–H and O–H groups in total. The Morgan fingerprint density at radius 3 is 2.70 bits per heavy atom. The summed E-state index contributed by atoms with van der Waals surface area (Å²) in [6.45, 7) is 3.56. The fraction of sp³-hybridized carbons (Fsp3) is 0.320. The standard InChI is InChI=1S/C25H24FN7O3S/c1-25(2)19-18(12-28-37(35,36)15-9-10-15)29-22(30-21(19)31-24(25)34)20-16-7-5-11-27-23(16)33(32-20)13-14-6-3-4-8-17(14)26/h3-8,11,15,28H,9-10,12-13H2,1-2H3,(H,29,30,31,34). The molecule has 3 aromatic heterocycles. The van der Waals surface area contributed by atoms with Gasteiger partial charge in [-0.15, -0.1) is 0 Å². The van der Waals surface area contributed by atoms with Crippen LogP contribution < -0.4 is 10.0 Å². The van der Waals surface area contributed by atoms with Gasteiger partial charge in [0.15, 0.2) is 11.5 Å². The van der Waals surface area contributed by atoms with Crippen molar-refractivity contribution >= 4 is 32.8 Å². The average molecular weight is 522 g/mol. The number of nitrogens with zero attached hydrogens (tertiary/aromatic N) is 5. The summed E-state index contributed by atoms with van der Waals surface area (Å²) in [5.74, 6) is -0.0755. The van der Waals surface area contributed by atoms with Crippen LogP contribution in [0.15, 0.2) is 42.6 Å². The highest BCUT2D eigenvalue weighted by molar-refractivity contribution is 7.90. The molecule has 12 heteroatoms. The summed E-state index contributed by atoms with van der Waals surface area (Å²) in [6.07, 6.45) is 2.88. The number of carbonyl (C=O) groups is 1. The molecule has 0 unspecified atom stereocenters. The van der Waals surface area contributed by atoms with E-state index in [2.05, 4.69) is 25.1 Å². The van der Waals surface area contributed by atoms with E-state index in [-0.39, 0.29) is 30.6 Å². The van der Waals surface area contributed by atoms with Crippen LogP contribution in [0, 0.1) is 5.82 Å². The molecular weight excluding hydrogens is 497 g/mol. The summed E-state index contributed by atoms with van der Waals surface area (Å²) in [6, 6.07) is 10.0. The van der Waals surface area contributed by atoms with Crippen molar-refractivity contribution in [3.8, 4) is 11.5 Å². The Morgan fingerprint density at radius 2 is 1.95 bits per heavy atom. The van der Waals surface area contributed by atoms with E-state index in [9.17, 15) is 17.6 Å². The highest BCUT2D eigenvalue weighted by Crippen LogP contribution is 2.40. The lowest BCUT2D eigenvalue weighted by Gasteiger charge is -2.18. The molecule has 4 aromatic rings. The van der Waals surface area contributed by atoms with E-state index in [1.54, 1.807) is 49.0 Å². The van der Waals surface area contributed by atoms with Gasteiger partial charge >= 0.3 is 0 Å². The molecule has 0 saturated heterocycles. The second kappa shape index (κ2) is 8.38. The molecule has 1 fully saturated rings. The minimum Gasteiger partial charge on any atom is -0.310 e. The molecule has 1 amide bonds. The van der Waals surface area contributed by atoms with Gasteiger partial charge in [-0.25, -0.2) is 37.2 Å². The van der Waals surface area contributed by atoms with Gasteiger partial charge in [-0.2, -0.15) is 5.10 Å². The fourth-order valence-electron chi connectivity index (χ4n) is 4.60. The predicted molar refractivity (Wildman–Crippen MR) is 134 cm³/mol. The molecule has 0 atom stereocenters. The zero-order chi connectivity index (χ0) is 25.9. The van der Waals surface area contributed by atoms with Crippen LogP contribution in [0.25, 0.3) is 22.6 Å². The molecule has 0 radical (unpaired) electrons. The van der Waals surface area contributed by atoms with Gasteiger partial charge in [0, 0.05) is 17.3 Å². The first-order valence-corrected chi connectivity index (χ1v) is 13.5. The van der Waals surface area contributed by atoms with Gasteiger partial charge in [0.2, 0.25) is 15.9 Å². The fourth-order valence-corrected chi connectivity index (χ4v) is 5.93. The van der Waals surface area contributed by atoms with E-state index in [0.717, 1.165) is 0 Å². The average Bonchev–Trinajstić information content (AvgIpc) is 3.63. The molecule has 4 heterocycles. The molecule has 1 aromatic carbocycles. The lowest BCUT2D eigenvalue weighted by Crippen LogP contribution is -2.31. The van der Waals surface area contributed by atoms with E-state index in [1.807, 2.05) is 6.07 Å². The molecular formula is C25H24FN7O3S. The minimum absolute atomic E-state index is 0.0821. The number of amides is 1. The third-order valence-corrected chi connectivity index (χ3v) is 8.71. The molecule has 0 spiro atoms. The molecule has 0 bridgehead atoms. The Hall–Kier alpha value is -3.77. The number of halogens is 1. The Morgan fingerprint density at radius 1 is 1.16 bits per heavy atom. The van der Waals surface area contributed by atoms with Crippen LogP contribution >= 0.6 is 0 Å². The molecule has 1 aliphatic carbocycles. The summed E-state index contributed by atoms with van der Waals surface area (Å²) >= 11 is 0. The van der Waals surface area contributed by atoms with E-state index >= 15 is 0 Å². The number of pyridine rings is 1. The summed E-state index contributed by atoms with van der Waals surface area (Å²) in [5.41, 5.74) is 1.37. The lowest BCUT2D eigenvalue weighted by atomic mass is 9.85. The third-order valence-electron chi connectivity index (χ3n) is 6.81. The maximum absolute atomic E-state index is 14.4. The zero-order valence-electron chi connectivity index (χ0n) is 20.2. The van der Waals surface area contributed by atoms with Crippen LogP contribution in [0.1, 0.15) is 43.5 Å². The number of hydrogen-bond donors (Lipinski definition) is 2. The second-order valence-electron chi connectivity index (χ2n) is 9.83. The van der Waals surface area contributed by atoms with Crippen LogP contribution in [0.2, 0.25) is 0 Å². The Labute approximate surface area is 212 Å². The van der Waals surface area contributed by atoms with Crippen LogP contribution in [0.4, 0.5) is 10.2 Å². The smallest absolute Gasteiger partial charge is 0.235 e. The highest BCUT2D eigenvalue weighted by atomic mass is 32.2. The van der Waals surface area contributed by atoms with Crippen molar-refractivity contribution in [2.45, 2.75) is 50.4 Å². The molecule has 190 valence electrons. The number of sulfonamides is 1. The van der Waals surface area contributed by atoms with Crippen LogP contribution in [0.5, 0.6) is 0 Å². The number of nitrogens with one attached hydrogen (secondary N) is 2. The maximum atomic E-state index is 14.4. The normalized spacial score (nSPS) is 16.7. The Kier molecular flexibility index (Phi) is 5.35. The SMILES string of the molecule is CC1(C)C(=O)Nc2nc(-c3nn(Cc4ccccc4F)c4ncccc34)nc(CNS(=O)(=O)C3CC3)c21. The largest absolute Gasteiger partial charge is 0.310 e. The number of carbonyl (C=O) groups excluding carboxylic acids is 1. The number of fused-ring (bicyclic) bond motifs is 2. The summed E-state index contributed by atoms with van der Waals surface area (Å²) in [4.78, 5) is 26.5.